The number of fused-ring (bicyclic) bond motifs is 2. The number of amides is 1. The molecule has 0 saturated heterocycles. The van der Waals surface area contributed by atoms with Crippen molar-refractivity contribution >= 4 is 34.3 Å². The Labute approximate surface area is 129 Å². The third-order valence-electron chi connectivity index (χ3n) is 3.55. The van der Waals surface area contributed by atoms with Gasteiger partial charge in [0.15, 0.2) is 0 Å². The van der Waals surface area contributed by atoms with Crippen molar-refractivity contribution in [3.63, 3.8) is 0 Å². The van der Waals surface area contributed by atoms with Crippen molar-refractivity contribution in [2.45, 2.75) is 6.54 Å². The fourth-order valence-corrected chi connectivity index (χ4v) is 2.94. The minimum absolute atomic E-state index is 0.145. The summed E-state index contributed by atoms with van der Waals surface area (Å²) >= 11 is 1.19. The highest BCUT2D eigenvalue weighted by molar-refractivity contribution is 7.00. The highest BCUT2D eigenvalue weighted by Crippen LogP contribution is 2.14. The Balaban J connectivity index is 1.55. The summed E-state index contributed by atoms with van der Waals surface area (Å²) in [5.74, 6) is -0.145. The summed E-state index contributed by atoms with van der Waals surface area (Å²) in [6.45, 7) is 0.439. The molecule has 0 radical (unpaired) electrons. The lowest BCUT2D eigenvalue weighted by molar-refractivity contribution is 0.0952. The van der Waals surface area contributed by atoms with Crippen LogP contribution in [-0.4, -0.2) is 28.8 Å². The third kappa shape index (κ3) is 2.04. The molecule has 22 heavy (non-hydrogen) atoms. The molecule has 0 unspecified atom stereocenters. The van der Waals surface area contributed by atoms with Crippen molar-refractivity contribution in [1.82, 2.24) is 28.2 Å². The Hall–Kier alpha value is -2.74. The van der Waals surface area contributed by atoms with Crippen LogP contribution in [0.4, 0.5) is 0 Å². The molecule has 0 aliphatic carbocycles. The molecule has 3 aromatic heterocycles. The van der Waals surface area contributed by atoms with Gasteiger partial charge in [0.05, 0.1) is 17.9 Å². The molecule has 0 aliphatic rings. The van der Waals surface area contributed by atoms with Gasteiger partial charge >= 0.3 is 0 Å². The zero-order chi connectivity index (χ0) is 15.1. The number of benzene rings is 1. The van der Waals surface area contributed by atoms with Crippen LogP contribution in [0.5, 0.6) is 0 Å². The second-order valence-electron chi connectivity index (χ2n) is 5.01. The van der Waals surface area contributed by atoms with Crippen molar-refractivity contribution in [2.75, 3.05) is 0 Å². The van der Waals surface area contributed by atoms with E-state index in [9.17, 15) is 4.79 Å². The van der Waals surface area contributed by atoms with Gasteiger partial charge in [-0.3, -0.25) is 4.79 Å². The third-order valence-corrected chi connectivity index (χ3v) is 4.11. The van der Waals surface area contributed by atoms with Crippen molar-refractivity contribution in [2.24, 2.45) is 7.05 Å². The summed E-state index contributed by atoms with van der Waals surface area (Å²) < 4.78 is 11.9. The molecule has 1 aromatic carbocycles. The molecule has 0 fully saturated rings. The van der Waals surface area contributed by atoms with Gasteiger partial charge in [-0.05, 0) is 17.7 Å². The fourth-order valence-electron chi connectivity index (χ4n) is 2.43. The predicted octanol–water partition coefficient (Wildman–Crippen LogP) is 1.61. The number of rotatable bonds is 3. The fraction of sp³-hybridized carbons (Fsp3) is 0.143. The van der Waals surface area contributed by atoms with E-state index in [4.69, 9.17) is 0 Å². The predicted molar refractivity (Wildman–Crippen MR) is 82.7 cm³/mol. The number of hydrogen-bond donors (Lipinski definition) is 1. The van der Waals surface area contributed by atoms with E-state index < -0.39 is 0 Å². The molecule has 8 heteroatoms. The van der Waals surface area contributed by atoms with Gasteiger partial charge in [-0.1, -0.05) is 6.07 Å². The standard InChI is InChI=1S/C14H12N6OS/c1-19-4-5-20-14(19)10(8-16-20)13(21)15-7-9-2-3-11-12(6-9)18-22-17-11/h2-6,8H,7H2,1H3,(H,15,21). The second-order valence-corrected chi connectivity index (χ2v) is 5.53. The van der Waals surface area contributed by atoms with E-state index >= 15 is 0 Å². The molecule has 1 N–H and O–H groups in total. The van der Waals surface area contributed by atoms with Crippen LogP contribution in [0.1, 0.15) is 15.9 Å². The average molecular weight is 312 g/mol. The van der Waals surface area contributed by atoms with Crippen LogP contribution in [0.15, 0.2) is 36.8 Å². The maximum Gasteiger partial charge on any atom is 0.256 e. The van der Waals surface area contributed by atoms with Crippen molar-refractivity contribution in [3.05, 3.63) is 47.9 Å². The van der Waals surface area contributed by atoms with Crippen LogP contribution >= 0.6 is 11.7 Å². The molecule has 1 amide bonds. The van der Waals surface area contributed by atoms with Gasteiger partial charge in [-0.2, -0.15) is 13.8 Å². The number of carbonyl (C=O) groups excluding carboxylic acids is 1. The molecule has 0 saturated carbocycles. The summed E-state index contributed by atoms with van der Waals surface area (Å²) in [7, 11) is 1.89. The maximum absolute atomic E-state index is 12.4. The van der Waals surface area contributed by atoms with Gasteiger partial charge in [-0.25, -0.2) is 4.52 Å². The first-order chi connectivity index (χ1) is 10.7. The van der Waals surface area contributed by atoms with Crippen molar-refractivity contribution in [3.8, 4) is 0 Å². The monoisotopic (exact) mass is 312 g/mol. The van der Waals surface area contributed by atoms with Crippen LogP contribution in [0.25, 0.3) is 16.7 Å². The van der Waals surface area contributed by atoms with Gasteiger partial charge in [0.2, 0.25) is 0 Å². The molecule has 0 bridgehead atoms. The van der Waals surface area contributed by atoms with Gasteiger partial charge in [0.1, 0.15) is 22.2 Å². The summed E-state index contributed by atoms with van der Waals surface area (Å²) in [6.07, 6.45) is 5.26. The first-order valence-corrected chi connectivity index (χ1v) is 7.43. The lowest BCUT2D eigenvalue weighted by atomic mass is 10.2. The quantitative estimate of drug-likeness (QED) is 0.623. The van der Waals surface area contributed by atoms with Crippen LogP contribution in [0.2, 0.25) is 0 Å². The molecule has 3 heterocycles. The molecule has 4 aromatic rings. The SMILES string of the molecule is Cn1ccn2ncc(C(=O)NCc3ccc4nsnc4c3)c12. The van der Waals surface area contributed by atoms with Gasteiger partial charge < -0.3 is 9.88 Å². The Bertz CT molecular complexity index is 982. The first kappa shape index (κ1) is 13.0. The number of hydrogen-bond acceptors (Lipinski definition) is 5. The minimum atomic E-state index is -0.145. The van der Waals surface area contributed by atoms with Crippen LogP contribution in [-0.2, 0) is 13.6 Å². The van der Waals surface area contributed by atoms with E-state index in [1.54, 1.807) is 10.7 Å². The lowest BCUT2D eigenvalue weighted by Gasteiger charge is -2.04. The number of nitrogens with zero attached hydrogens (tertiary/aromatic N) is 5. The largest absolute Gasteiger partial charge is 0.348 e. The average Bonchev–Trinajstić information content (AvgIpc) is 3.22. The summed E-state index contributed by atoms with van der Waals surface area (Å²) in [6, 6.07) is 5.80. The summed E-state index contributed by atoms with van der Waals surface area (Å²) in [5.41, 5.74) is 4.05. The van der Waals surface area contributed by atoms with Crippen LogP contribution in [0, 0.1) is 0 Å². The number of imidazole rings is 1. The normalized spacial score (nSPS) is 11.3. The number of nitrogens with one attached hydrogen (secondary N) is 1. The Morgan fingerprint density at radius 3 is 3.05 bits per heavy atom. The van der Waals surface area contributed by atoms with E-state index in [1.807, 2.05) is 42.2 Å². The Morgan fingerprint density at radius 1 is 1.27 bits per heavy atom. The van der Waals surface area contributed by atoms with Crippen LogP contribution in [0.3, 0.4) is 0 Å². The molecular weight excluding hydrogens is 300 g/mol. The topological polar surface area (TPSA) is 77.1 Å². The number of carbonyl (C=O) groups is 1. The molecular formula is C14H12N6OS. The first-order valence-electron chi connectivity index (χ1n) is 6.70. The van der Waals surface area contributed by atoms with Gasteiger partial charge in [-0.15, -0.1) is 0 Å². The maximum atomic E-state index is 12.4. The summed E-state index contributed by atoms with van der Waals surface area (Å²) in [5, 5.41) is 7.08. The van der Waals surface area contributed by atoms with E-state index in [1.165, 1.54) is 11.7 Å². The molecule has 110 valence electrons. The van der Waals surface area contributed by atoms with Crippen LogP contribution < -0.4 is 5.32 Å². The molecule has 0 aliphatic heterocycles. The second kappa shape index (κ2) is 4.92. The van der Waals surface area contributed by atoms with Gasteiger partial charge in [0.25, 0.3) is 5.91 Å². The highest BCUT2D eigenvalue weighted by Gasteiger charge is 2.14. The van der Waals surface area contributed by atoms with E-state index in [2.05, 4.69) is 19.2 Å². The van der Waals surface area contributed by atoms with E-state index in [0.29, 0.717) is 12.1 Å². The Morgan fingerprint density at radius 2 is 2.14 bits per heavy atom. The number of aryl methyl sites for hydroxylation is 1. The zero-order valence-corrected chi connectivity index (χ0v) is 12.5. The smallest absolute Gasteiger partial charge is 0.256 e. The van der Waals surface area contributed by atoms with Crippen molar-refractivity contribution in [1.29, 1.82) is 0 Å². The molecule has 0 atom stereocenters. The minimum Gasteiger partial charge on any atom is -0.348 e. The summed E-state index contributed by atoms with van der Waals surface area (Å²) in [4.78, 5) is 12.4. The van der Waals surface area contributed by atoms with Gasteiger partial charge in [0, 0.05) is 26.0 Å². The molecule has 4 rings (SSSR count). The lowest BCUT2D eigenvalue weighted by Crippen LogP contribution is -2.23. The molecule has 0 spiro atoms. The zero-order valence-electron chi connectivity index (χ0n) is 11.7. The van der Waals surface area contributed by atoms with E-state index in [0.717, 1.165) is 22.2 Å². The Kier molecular flexibility index (Phi) is 2.90. The number of aromatic nitrogens is 5. The molecule has 7 nitrogen and oxygen atoms in total. The highest BCUT2D eigenvalue weighted by atomic mass is 32.1. The van der Waals surface area contributed by atoms with Crippen molar-refractivity contribution < 1.29 is 4.79 Å². The van der Waals surface area contributed by atoms with E-state index in [-0.39, 0.29) is 5.91 Å².